The zero-order chi connectivity index (χ0) is 10.1. The third kappa shape index (κ3) is 1.82. The van der Waals surface area contributed by atoms with Crippen molar-refractivity contribution in [3.05, 3.63) is 22.0 Å². The Morgan fingerprint density at radius 3 is 2.93 bits per heavy atom. The van der Waals surface area contributed by atoms with E-state index in [9.17, 15) is 0 Å². The second-order valence-corrected chi connectivity index (χ2v) is 4.47. The summed E-state index contributed by atoms with van der Waals surface area (Å²) in [5, 5.41) is 7.66. The molecule has 0 unspecified atom stereocenters. The Kier molecular flexibility index (Phi) is 2.58. The van der Waals surface area contributed by atoms with Crippen molar-refractivity contribution < 1.29 is 0 Å². The smallest absolute Gasteiger partial charge is 0.154 e. The Morgan fingerprint density at radius 2 is 2.21 bits per heavy atom. The number of anilines is 1. The number of halogens is 1. The first-order chi connectivity index (χ1) is 6.66. The van der Waals surface area contributed by atoms with E-state index in [1.807, 2.05) is 22.8 Å². The van der Waals surface area contributed by atoms with Crippen LogP contribution < -0.4 is 5.32 Å². The number of aromatic nitrogens is 3. The Balaban J connectivity index is 2.44. The van der Waals surface area contributed by atoms with Gasteiger partial charge < -0.3 is 5.32 Å². The molecular formula is C9H11IN4. The third-order valence-corrected chi connectivity index (χ3v) is 2.49. The van der Waals surface area contributed by atoms with Gasteiger partial charge in [-0.3, -0.25) is 0 Å². The monoisotopic (exact) mass is 302 g/mol. The van der Waals surface area contributed by atoms with Crippen LogP contribution in [0, 0.1) is 3.70 Å². The lowest BCUT2D eigenvalue weighted by Gasteiger charge is -2.08. The van der Waals surface area contributed by atoms with Crippen LogP contribution in [0.3, 0.4) is 0 Å². The van der Waals surface area contributed by atoms with Crippen molar-refractivity contribution in [2.75, 3.05) is 5.32 Å². The van der Waals surface area contributed by atoms with Gasteiger partial charge in [0.15, 0.2) is 5.65 Å². The fourth-order valence-electron chi connectivity index (χ4n) is 1.22. The summed E-state index contributed by atoms with van der Waals surface area (Å²) in [5.74, 6) is 0.878. The summed E-state index contributed by atoms with van der Waals surface area (Å²) in [5.41, 5.74) is 0.878. The molecule has 0 saturated heterocycles. The molecule has 5 heteroatoms. The van der Waals surface area contributed by atoms with Gasteiger partial charge in [0.05, 0.1) is 6.20 Å². The quantitative estimate of drug-likeness (QED) is 0.864. The zero-order valence-corrected chi connectivity index (χ0v) is 10.2. The third-order valence-electron chi connectivity index (χ3n) is 1.76. The molecule has 0 spiro atoms. The first kappa shape index (κ1) is 9.70. The predicted octanol–water partition coefficient (Wildman–Crippen LogP) is 2.15. The highest BCUT2D eigenvalue weighted by Gasteiger charge is 2.03. The van der Waals surface area contributed by atoms with Crippen molar-refractivity contribution in [3.63, 3.8) is 0 Å². The molecule has 2 aromatic rings. The molecule has 0 aliphatic heterocycles. The molecule has 0 atom stereocenters. The van der Waals surface area contributed by atoms with Crippen molar-refractivity contribution in [1.29, 1.82) is 0 Å². The van der Waals surface area contributed by atoms with Crippen LogP contribution in [0.2, 0.25) is 0 Å². The maximum atomic E-state index is 4.41. The highest BCUT2D eigenvalue weighted by molar-refractivity contribution is 14.1. The van der Waals surface area contributed by atoms with E-state index in [-0.39, 0.29) is 0 Å². The molecule has 0 aromatic carbocycles. The van der Waals surface area contributed by atoms with E-state index in [2.05, 4.69) is 51.8 Å². The number of fused-ring (bicyclic) bond motifs is 1. The molecule has 0 fully saturated rings. The van der Waals surface area contributed by atoms with E-state index in [4.69, 9.17) is 0 Å². The van der Waals surface area contributed by atoms with Crippen LogP contribution in [0.5, 0.6) is 0 Å². The molecule has 2 heterocycles. The summed E-state index contributed by atoms with van der Waals surface area (Å²) < 4.78 is 2.84. The molecule has 1 N–H and O–H groups in total. The van der Waals surface area contributed by atoms with E-state index in [1.54, 1.807) is 0 Å². The standard InChI is InChI=1S/C9H11IN4/c1-6(2)12-8-3-4-9-11-5-7(10)14(9)13-8/h3-6H,1-2H3,(H,12,13). The van der Waals surface area contributed by atoms with E-state index in [1.165, 1.54) is 0 Å². The fraction of sp³-hybridized carbons (Fsp3) is 0.333. The van der Waals surface area contributed by atoms with Gasteiger partial charge in [-0.05, 0) is 48.6 Å². The summed E-state index contributed by atoms with van der Waals surface area (Å²) in [6, 6.07) is 4.29. The number of rotatable bonds is 2. The summed E-state index contributed by atoms with van der Waals surface area (Å²) in [6.07, 6.45) is 1.81. The Bertz CT molecular complexity index is 449. The lowest BCUT2D eigenvalue weighted by molar-refractivity contribution is 0.850. The normalized spacial score (nSPS) is 11.1. The minimum Gasteiger partial charge on any atom is -0.366 e. The van der Waals surface area contributed by atoms with Gasteiger partial charge >= 0.3 is 0 Å². The molecule has 0 amide bonds. The van der Waals surface area contributed by atoms with Gasteiger partial charge in [0.1, 0.15) is 9.52 Å². The summed E-state index contributed by atoms with van der Waals surface area (Å²) in [7, 11) is 0. The van der Waals surface area contributed by atoms with Crippen molar-refractivity contribution in [1.82, 2.24) is 14.6 Å². The molecule has 2 aromatic heterocycles. The van der Waals surface area contributed by atoms with Gasteiger partial charge in [-0.1, -0.05) is 0 Å². The van der Waals surface area contributed by atoms with Gasteiger partial charge in [-0.2, -0.15) is 0 Å². The summed E-state index contributed by atoms with van der Waals surface area (Å²) in [4.78, 5) is 4.20. The molecule has 0 aliphatic carbocycles. The molecule has 2 rings (SSSR count). The van der Waals surface area contributed by atoms with Crippen molar-refractivity contribution >= 4 is 34.1 Å². The van der Waals surface area contributed by atoms with Gasteiger partial charge in [-0.15, -0.1) is 5.10 Å². The van der Waals surface area contributed by atoms with Crippen LogP contribution in [0.1, 0.15) is 13.8 Å². The number of hydrogen-bond donors (Lipinski definition) is 1. The summed E-state index contributed by atoms with van der Waals surface area (Å²) in [6.45, 7) is 4.18. The molecule has 0 aliphatic rings. The first-order valence-corrected chi connectivity index (χ1v) is 5.51. The highest BCUT2D eigenvalue weighted by atomic mass is 127. The summed E-state index contributed by atoms with van der Waals surface area (Å²) >= 11 is 2.21. The van der Waals surface area contributed by atoms with Crippen LogP contribution in [0.25, 0.3) is 5.65 Å². The Morgan fingerprint density at radius 1 is 1.43 bits per heavy atom. The van der Waals surface area contributed by atoms with Crippen LogP contribution >= 0.6 is 22.6 Å². The average Bonchev–Trinajstić information content (AvgIpc) is 2.47. The number of hydrogen-bond acceptors (Lipinski definition) is 3. The predicted molar refractivity (Wildman–Crippen MR) is 64.5 cm³/mol. The lowest BCUT2D eigenvalue weighted by atomic mass is 10.4. The van der Waals surface area contributed by atoms with E-state index in [0.717, 1.165) is 15.2 Å². The molecule has 0 bridgehead atoms. The highest BCUT2D eigenvalue weighted by Crippen LogP contribution is 2.11. The minimum atomic E-state index is 0.390. The number of nitrogens with one attached hydrogen (secondary N) is 1. The zero-order valence-electron chi connectivity index (χ0n) is 8.03. The van der Waals surface area contributed by atoms with Gasteiger partial charge in [0, 0.05) is 6.04 Å². The molecule has 14 heavy (non-hydrogen) atoms. The van der Waals surface area contributed by atoms with Crippen molar-refractivity contribution in [3.8, 4) is 0 Å². The Hall–Kier alpha value is -0.850. The van der Waals surface area contributed by atoms with Crippen LogP contribution in [-0.2, 0) is 0 Å². The van der Waals surface area contributed by atoms with E-state index in [0.29, 0.717) is 6.04 Å². The van der Waals surface area contributed by atoms with Gasteiger partial charge in [0.25, 0.3) is 0 Å². The average molecular weight is 302 g/mol. The largest absolute Gasteiger partial charge is 0.366 e. The second kappa shape index (κ2) is 3.72. The SMILES string of the molecule is CC(C)Nc1ccc2ncc(I)n2n1. The van der Waals surface area contributed by atoms with Crippen molar-refractivity contribution in [2.24, 2.45) is 0 Å². The minimum absolute atomic E-state index is 0.390. The van der Waals surface area contributed by atoms with Gasteiger partial charge in [-0.25, -0.2) is 9.50 Å². The molecule has 74 valence electrons. The van der Waals surface area contributed by atoms with Gasteiger partial charge in [0.2, 0.25) is 0 Å². The first-order valence-electron chi connectivity index (χ1n) is 4.43. The van der Waals surface area contributed by atoms with Crippen LogP contribution in [0.15, 0.2) is 18.3 Å². The fourth-order valence-corrected chi connectivity index (χ4v) is 1.71. The second-order valence-electron chi connectivity index (χ2n) is 3.37. The van der Waals surface area contributed by atoms with E-state index >= 15 is 0 Å². The van der Waals surface area contributed by atoms with Crippen LogP contribution in [0.4, 0.5) is 5.82 Å². The molecule has 4 nitrogen and oxygen atoms in total. The molecule has 0 saturated carbocycles. The molecular weight excluding hydrogens is 291 g/mol. The topological polar surface area (TPSA) is 42.2 Å². The Labute approximate surface area is 95.9 Å². The molecule has 0 radical (unpaired) electrons. The van der Waals surface area contributed by atoms with Crippen LogP contribution in [-0.4, -0.2) is 20.6 Å². The maximum absolute atomic E-state index is 4.41. The lowest BCUT2D eigenvalue weighted by Crippen LogP contribution is -2.12. The van der Waals surface area contributed by atoms with E-state index < -0.39 is 0 Å². The number of imidazole rings is 1. The number of nitrogens with zero attached hydrogens (tertiary/aromatic N) is 3. The van der Waals surface area contributed by atoms with Crippen molar-refractivity contribution in [2.45, 2.75) is 19.9 Å². The maximum Gasteiger partial charge on any atom is 0.154 e.